The van der Waals surface area contributed by atoms with Crippen LogP contribution in [-0.4, -0.2) is 16.1 Å². The lowest BCUT2D eigenvalue weighted by atomic mass is 10.0. The summed E-state index contributed by atoms with van der Waals surface area (Å²) in [6.45, 7) is 6.26. The van der Waals surface area contributed by atoms with E-state index in [0.29, 0.717) is 5.56 Å². The number of aromatic carboxylic acids is 1. The van der Waals surface area contributed by atoms with Gasteiger partial charge in [0, 0.05) is 5.56 Å². The molecule has 0 atom stereocenters. The minimum atomic E-state index is -0.908. The zero-order valence-corrected chi connectivity index (χ0v) is 12.9. The maximum atomic E-state index is 11.1. The summed E-state index contributed by atoms with van der Waals surface area (Å²) < 4.78 is 0.907. The fourth-order valence-corrected chi connectivity index (χ4v) is 3.86. The standard InChI is InChI=1S/C17H15NO2S/c1-9-6-10(2)15(11(3)7-9)16-18-13-5-4-12(17(19)20)8-14(13)21-16/h4-8H,1-3H3,(H,19,20). The largest absolute Gasteiger partial charge is 0.478 e. The molecule has 106 valence electrons. The second-order valence-corrected chi connectivity index (χ2v) is 6.31. The summed E-state index contributed by atoms with van der Waals surface area (Å²) in [4.78, 5) is 15.7. The third kappa shape index (κ3) is 2.43. The van der Waals surface area contributed by atoms with Crippen LogP contribution in [0.1, 0.15) is 27.0 Å². The Hall–Kier alpha value is -2.20. The quantitative estimate of drug-likeness (QED) is 0.752. The Labute approximate surface area is 126 Å². The van der Waals surface area contributed by atoms with E-state index in [1.165, 1.54) is 16.7 Å². The molecule has 0 saturated heterocycles. The van der Waals surface area contributed by atoms with Crippen LogP contribution >= 0.6 is 11.3 Å². The van der Waals surface area contributed by atoms with Crippen molar-refractivity contribution in [2.45, 2.75) is 20.8 Å². The molecule has 3 aromatic rings. The number of carboxylic acid groups (broad SMARTS) is 1. The first kappa shape index (κ1) is 13.8. The molecule has 21 heavy (non-hydrogen) atoms. The molecule has 0 saturated carbocycles. The lowest BCUT2D eigenvalue weighted by Gasteiger charge is -2.08. The van der Waals surface area contributed by atoms with Gasteiger partial charge in [0.1, 0.15) is 5.01 Å². The lowest BCUT2D eigenvalue weighted by molar-refractivity contribution is 0.0697. The molecule has 0 amide bonds. The van der Waals surface area contributed by atoms with Crippen molar-refractivity contribution in [2.24, 2.45) is 0 Å². The van der Waals surface area contributed by atoms with Crippen LogP contribution in [-0.2, 0) is 0 Å². The molecule has 0 fully saturated rings. The van der Waals surface area contributed by atoms with Crippen molar-refractivity contribution in [1.29, 1.82) is 0 Å². The monoisotopic (exact) mass is 297 g/mol. The first-order valence-corrected chi connectivity index (χ1v) is 7.49. The molecular weight excluding hydrogens is 282 g/mol. The highest BCUT2D eigenvalue weighted by atomic mass is 32.1. The highest BCUT2D eigenvalue weighted by Crippen LogP contribution is 2.35. The minimum Gasteiger partial charge on any atom is -0.478 e. The Morgan fingerprint density at radius 3 is 2.38 bits per heavy atom. The summed E-state index contributed by atoms with van der Waals surface area (Å²) in [6, 6.07) is 9.37. The van der Waals surface area contributed by atoms with Crippen LogP contribution in [0.5, 0.6) is 0 Å². The third-order valence-corrected chi connectivity index (χ3v) is 4.56. The van der Waals surface area contributed by atoms with Crippen LogP contribution in [0.15, 0.2) is 30.3 Å². The van der Waals surface area contributed by atoms with Gasteiger partial charge < -0.3 is 5.11 Å². The van der Waals surface area contributed by atoms with E-state index in [-0.39, 0.29) is 0 Å². The van der Waals surface area contributed by atoms with Gasteiger partial charge in [0.2, 0.25) is 0 Å². The van der Waals surface area contributed by atoms with Gasteiger partial charge in [0.05, 0.1) is 15.8 Å². The zero-order chi connectivity index (χ0) is 15.1. The number of fused-ring (bicyclic) bond motifs is 1. The van der Waals surface area contributed by atoms with E-state index in [9.17, 15) is 4.79 Å². The lowest BCUT2D eigenvalue weighted by Crippen LogP contribution is -1.94. The van der Waals surface area contributed by atoms with Gasteiger partial charge in [-0.2, -0.15) is 0 Å². The molecule has 0 radical (unpaired) electrons. The predicted octanol–water partition coefficient (Wildman–Crippen LogP) is 4.59. The molecule has 2 aromatic carbocycles. The number of rotatable bonds is 2. The van der Waals surface area contributed by atoms with Crippen LogP contribution in [0, 0.1) is 20.8 Å². The minimum absolute atomic E-state index is 0.301. The smallest absolute Gasteiger partial charge is 0.335 e. The molecule has 0 spiro atoms. The molecular formula is C17H15NO2S. The number of nitrogens with zero attached hydrogens (tertiary/aromatic N) is 1. The molecule has 1 heterocycles. The summed E-state index contributed by atoms with van der Waals surface area (Å²) in [6.07, 6.45) is 0. The Morgan fingerprint density at radius 1 is 1.10 bits per heavy atom. The Kier molecular flexibility index (Phi) is 3.26. The summed E-state index contributed by atoms with van der Waals surface area (Å²) in [5, 5.41) is 10.0. The Balaban J connectivity index is 2.20. The predicted molar refractivity (Wildman–Crippen MR) is 86.2 cm³/mol. The van der Waals surface area contributed by atoms with Crippen molar-refractivity contribution < 1.29 is 9.90 Å². The van der Waals surface area contributed by atoms with Gasteiger partial charge in [-0.15, -0.1) is 11.3 Å². The molecule has 0 unspecified atom stereocenters. The first-order chi connectivity index (χ1) is 9.95. The first-order valence-electron chi connectivity index (χ1n) is 6.68. The fraction of sp³-hybridized carbons (Fsp3) is 0.176. The molecule has 3 nitrogen and oxygen atoms in total. The van der Waals surface area contributed by atoms with Crippen molar-refractivity contribution in [2.75, 3.05) is 0 Å². The summed E-state index contributed by atoms with van der Waals surface area (Å²) in [5.41, 5.74) is 5.94. The van der Waals surface area contributed by atoms with E-state index in [1.807, 2.05) is 0 Å². The van der Waals surface area contributed by atoms with Crippen LogP contribution in [0.3, 0.4) is 0 Å². The van der Waals surface area contributed by atoms with Gasteiger partial charge in [-0.1, -0.05) is 17.7 Å². The number of thiazole rings is 1. The number of carbonyl (C=O) groups is 1. The van der Waals surface area contributed by atoms with Crippen molar-refractivity contribution in [1.82, 2.24) is 4.98 Å². The van der Waals surface area contributed by atoms with Crippen molar-refractivity contribution in [3.63, 3.8) is 0 Å². The average molecular weight is 297 g/mol. The third-order valence-electron chi connectivity index (χ3n) is 3.53. The molecule has 4 heteroatoms. The second kappa shape index (κ2) is 4.97. The summed E-state index contributed by atoms with van der Waals surface area (Å²) in [7, 11) is 0. The van der Waals surface area contributed by atoms with E-state index >= 15 is 0 Å². The Morgan fingerprint density at radius 2 is 1.76 bits per heavy atom. The number of carboxylic acids is 1. The fourth-order valence-electron chi connectivity index (χ4n) is 2.68. The number of aryl methyl sites for hydroxylation is 3. The average Bonchev–Trinajstić information content (AvgIpc) is 2.79. The summed E-state index contributed by atoms with van der Waals surface area (Å²) >= 11 is 1.54. The van der Waals surface area contributed by atoms with E-state index < -0.39 is 5.97 Å². The number of hydrogen-bond donors (Lipinski definition) is 1. The van der Waals surface area contributed by atoms with Gasteiger partial charge in [-0.05, 0) is 50.1 Å². The second-order valence-electron chi connectivity index (χ2n) is 5.28. The maximum absolute atomic E-state index is 11.1. The molecule has 0 aliphatic heterocycles. The number of benzene rings is 2. The zero-order valence-electron chi connectivity index (χ0n) is 12.1. The van der Waals surface area contributed by atoms with Gasteiger partial charge in [-0.3, -0.25) is 0 Å². The van der Waals surface area contributed by atoms with Gasteiger partial charge in [0.15, 0.2) is 0 Å². The molecule has 0 aliphatic rings. The highest BCUT2D eigenvalue weighted by Gasteiger charge is 2.13. The molecule has 1 N–H and O–H groups in total. The molecule has 3 rings (SSSR count). The Bertz CT molecular complexity index is 841. The van der Waals surface area contributed by atoms with Gasteiger partial charge in [-0.25, -0.2) is 9.78 Å². The molecule has 0 bridgehead atoms. The van der Waals surface area contributed by atoms with E-state index in [2.05, 4.69) is 37.9 Å². The SMILES string of the molecule is Cc1cc(C)c(-c2nc3ccc(C(=O)O)cc3s2)c(C)c1. The van der Waals surface area contributed by atoms with Crippen molar-refractivity contribution in [3.05, 3.63) is 52.6 Å². The maximum Gasteiger partial charge on any atom is 0.335 e. The number of aromatic nitrogens is 1. The van der Waals surface area contributed by atoms with Crippen molar-refractivity contribution in [3.8, 4) is 10.6 Å². The van der Waals surface area contributed by atoms with E-state index in [0.717, 1.165) is 20.8 Å². The van der Waals surface area contributed by atoms with Crippen LogP contribution < -0.4 is 0 Å². The molecule has 0 aliphatic carbocycles. The highest BCUT2D eigenvalue weighted by molar-refractivity contribution is 7.21. The van der Waals surface area contributed by atoms with Gasteiger partial charge >= 0.3 is 5.97 Å². The van der Waals surface area contributed by atoms with Crippen LogP contribution in [0.2, 0.25) is 0 Å². The topological polar surface area (TPSA) is 50.2 Å². The normalized spacial score (nSPS) is 11.0. The van der Waals surface area contributed by atoms with Gasteiger partial charge in [0.25, 0.3) is 0 Å². The number of hydrogen-bond acceptors (Lipinski definition) is 3. The van der Waals surface area contributed by atoms with Crippen LogP contribution in [0.25, 0.3) is 20.8 Å². The van der Waals surface area contributed by atoms with Crippen LogP contribution in [0.4, 0.5) is 0 Å². The van der Waals surface area contributed by atoms with Crippen molar-refractivity contribution >= 4 is 27.5 Å². The summed E-state index contributed by atoms with van der Waals surface area (Å²) in [5.74, 6) is -0.908. The van der Waals surface area contributed by atoms with E-state index in [1.54, 1.807) is 29.5 Å². The van der Waals surface area contributed by atoms with E-state index in [4.69, 9.17) is 5.11 Å². The molecule has 1 aromatic heterocycles.